The van der Waals surface area contributed by atoms with Crippen LogP contribution in [0.4, 0.5) is 0 Å². The molecule has 1 aromatic carbocycles. The van der Waals surface area contributed by atoms with Gasteiger partial charge in [-0.15, -0.1) is 0 Å². The van der Waals surface area contributed by atoms with Crippen molar-refractivity contribution < 1.29 is 9.05 Å². The maximum atomic E-state index is 6.18. The molecule has 2 fully saturated rings. The predicted octanol–water partition coefficient (Wildman–Crippen LogP) is 2.25. The zero-order valence-corrected chi connectivity index (χ0v) is 11.0. The molecule has 5 heteroatoms. The molecule has 0 aromatic heterocycles. The van der Waals surface area contributed by atoms with Crippen LogP contribution >= 0.6 is 17.8 Å². The average molecular weight is 257 g/mol. The van der Waals surface area contributed by atoms with E-state index in [1.54, 1.807) is 11.4 Å². The van der Waals surface area contributed by atoms with Gasteiger partial charge >= 0.3 is 99.7 Å². The SMILES string of the molecule is CSP12(c3ccccc3)OCCN1CCO2. The monoisotopic (exact) mass is 257 g/mol. The summed E-state index contributed by atoms with van der Waals surface area (Å²) in [5.74, 6) is 0. The van der Waals surface area contributed by atoms with Crippen LogP contribution in [0.3, 0.4) is 0 Å². The van der Waals surface area contributed by atoms with Gasteiger partial charge in [0, 0.05) is 0 Å². The Labute approximate surface area is 100 Å². The normalized spacial score (nSPS) is 29.4. The molecule has 0 atom stereocenters. The van der Waals surface area contributed by atoms with Crippen LogP contribution < -0.4 is 5.30 Å². The van der Waals surface area contributed by atoms with E-state index in [1.807, 2.05) is 6.07 Å². The van der Waals surface area contributed by atoms with E-state index in [0.29, 0.717) is 0 Å². The number of hydrogen-bond donors (Lipinski definition) is 0. The Balaban J connectivity index is 2.18. The van der Waals surface area contributed by atoms with Gasteiger partial charge in [0.25, 0.3) is 0 Å². The first-order valence-electron chi connectivity index (χ1n) is 5.50. The van der Waals surface area contributed by atoms with Gasteiger partial charge in [-0.1, -0.05) is 0 Å². The summed E-state index contributed by atoms with van der Waals surface area (Å²) in [4.78, 5) is 0. The first-order valence-corrected chi connectivity index (χ1v) is 9.35. The van der Waals surface area contributed by atoms with Gasteiger partial charge in [-0.05, 0) is 0 Å². The third kappa shape index (κ3) is 1.20. The second kappa shape index (κ2) is 3.69. The molecule has 0 bridgehead atoms. The topological polar surface area (TPSA) is 21.7 Å². The molecule has 2 heterocycles. The zero-order valence-electron chi connectivity index (χ0n) is 9.33. The third-order valence-corrected chi connectivity index (χ3v) is 11.7. The van der Waals surface area contributed by atoms with E-state index < -0.39 is 6.41 Å². The molecule has 0 amide bonds. The molecule has 3 nitrogen and oxygen atoms in total. The van der Waals surface area contributed by atoms with E-state index >= 15 is 0 Å². The van der Waals surface area contributed by atoms with Crippen LogP contribution in [-0.2, 0) is 9.05 Å². The van der Waals surface area contributed by atoms with Crippen molar-refractivity contribution in [3.63, 3.8) is 0 Å². The fourth-order valence-corrected chi connectivity index (χ4v) is 9.86. The number of benzene rings is 1. The molecule has 16 heavy (non-hydrogen) atoms. The fourth-order valence-electron chi connectivity index (χ4n) is 2.59. The molecule has 0 unspecified atom stereocenters. The van der Waals surface area contributed by atoms with Gasteiger partial charge in [0.2, 0.25) is 0 Å². The van der Waals surface area contributed by atoms with Crippen LogP contribution in [0.15, 0.2) is 30.3 Å². The van der Waals surface area contributed by atoms with E-state index in [9.17, 15) is 0 Å². The summed E-state index contributed by atoms with van der Waals surface area (Å²) in [5.41, 5.74) is 0. The number of fused-ring (bicyclic) bond motifs is 1. The van der Waals surface area contributed by atoms with Crippen molar-refractivity contribution in [2.24, 2.45) is 0 Å². The molecule has 0 N–H and O–H groups in total. The van der Waals surface area contributed by atoms with Crippen LogP contribution in [-0.4, -0.2) is 37.2 Å². The van der Waals surface area contributed by atoms with Gasteiger partial charge in [-0.2, -0.15) is 0 Å². The summed E-state index contributed by atoms with van der Waals surface area (Å²) in [7, 11) is 0. The minimum absolute atomic E-state index is 0.785. The Morgan fingerprint density at radius 2 is 1.75 bits per heavy atom. The van der Waals surface area contributed by atoms with Gasteiger partial charge in [0.05, 0.1) is 0 Å². The predicted molar refractivity (Wildman–Crippen MR) is 70.0 cm³/mol. The fraction of sp³-hybridized carbons (Fsp3) is 0.455. The molecule has 88 valence electrons. The van der Waals surface area contributed by atoms with Crippen molar-refractivity contribution in [2.45, 2.75) is 0 Å². The minimum atomic E-state index is -2.73. The summed E-state index contributed by atoms with van der Waals surface area (Å²) < 4.78 is 14.8. The first-order chi connectivity index (χ1) is 7.81. The molecule has 0 saturated carbocycles. The van der Waals surface area contributed by atoms with Crippen molar-refractivity contribution in [1.82, 2.24) is 4.67 Å². The Morgan fingerprint density at radius 1 is 1.12 bits per heavy atom. The van der Waals surface area contributed by atoms with Crippen LogP contribution in [0, 0.1) is 0 Å². The van der Waals surface area contributed by atoms with Crippen molar-refractivity contribution in [1.29, 1.82) is 0 Å². The van der Waals surface area contributed by atoms with Crippen molar-refractivity contribution in [3.05, 3.63) is 30.3 Å². The molecular weight excluding hydrogens is 241 g/mol. The second-order valence-corrected chi connectivity index (χ2v) is 10.7. The summed E-state index contributed by atoms with van der Waals surface area (Å²) >= 11 is 1.76. The Morgan fingerprint density at radius 3 is 2.31 bits per heavy atom. The van der Waals surface area contributed by atoms with E-state index in [0.717, 1.165) is 26.3 Å². The van der Waals surface area contributed by atoms with Crippen molar-refractivity contribution in [3.8, 4) is 0 Å². The molecule has 0 radical (unpaired) electrons. The molecule has 1 aromatic rings. The second-order valence-electron chi connectivity index (χ2n) is 3.98. The van der Waals surface area contributed by atoms with Gasteiger partial charge in [-0.25, -0.2) is 0 Å². The Bertz CT molecular complexity index is 390. The van der Waals surface area contributed by atoms with E-state index in [-0.39, 0.29) is 0 Å². The van der Waals surface area contributed by atoms with Crippen LogP contribution in [0.5, 0.6) is 0 Å². The Hall–Kier alpha value is -0.120. The van der Waals surface area contributed by atoms with Crippen LogP contribution in [0.2, 0.25) is 0 Å². The van der Waals surface area contributed by atoms with Crippen molar-refractivity contribution in [2.75, 3.05) is 32.6 Å². The molecule has 3 rings (SSSR count). The van der Waals surface area contributed by atoms with Crippen LogP contribution in [0.25, 0.3) is 0 Å². The average Bonchev–Trinajstić information content (AvgIpc) is 2.87. The van der Waals surface area contributed by atoms with E-state index in [1.165, 1.54) is 5.30 Å². The first kappa shape index (κ1) is 11.0. The summed E-state index contributed by atoms with van der Waals surface area (Å²) in [5, 5.41) is 1.22. The molecule has 2 aliphatic heterocycles. The standard InChI is InChI=1S/C11H16NO2PS/c1-16-15(11-5-3-2-4-6-11)12(7-9-13-15)8-10-14-15/h2-6H,7-10H2,1H3. The summed E-state index contributed by atoms with van der Waals surface area (Å²) in [6.07, 6.45) is -0.625. The van der Waals surface area contributed by atoms with Gasteiger partial charge < -0.3 is 0 Å². The van der Waals surface area contributed by atoms with Crippen molar-refractivity contribution >= 4 is 23.1 Å². The quantitative estimate of drug-likeness (QED) is 0.757. The van der Waals surface area contributed by atoms with Gasteiger partial charge in [0.1, 0.15) is 0 Å². The summed E-state index contributed by atoms with van der Waals surface area (Å²) in [6.45, 7) is 3.56. The molecule has 2 aliphatic rings. The van der Waals surface area contributed by atoms with Gasteiger partial charge in [0.15, 0.2) is 0 Å². The molecule has 2 saturated heterocycles. The molecular formula is C11H16NO2PS. The number of nitrogens with zero attached hydrogens (tertiary/aromatic N) is 1. The summed E-state index contributed by atoms with van der Waals surface area (Å²) in [6, 6.07) is 10.4. The number of rotatable bonds is 2. The van der Waals surface area contributed by atoms with E-state index in [2.05, 4.69) is 35.2 Å². The maximum absolute atomic E-state index is 6.18. The van der Waals surface area contributed by atoms with Gasteiger partial charge in [-0.3, -0.25) is 0 Å². The zero-order chi connectivity index (χ0) is 11.1. The van der Waals surface area contributed by atoms with Crippen LogP contribution in [0.1, 0.15) is 0 Å². The molecule has 0 aliphatic carbocycles. The number of hydrogen-bond acceptors (Lipinski definition) is 4. The van der Waals surface area contributed by atoms with E-state index in [4.69, 9.17) is 9.05 Å². The third-order valence-electron chi connectivity index (χ3n) is 3.33. The molecule has 0 spiro atoms. The Kier molecular flexibility index (Phi) is 2.54.